The molecule has 124 valence electrons. The first-order valence-electron chi connectivity index (χ1n) is 8.20. The molecule has 1 amide bonds. The maximum Gasteiger partial charge on any atom is 0.237 e. The van der Waals surface area contributed by atoms with Crippen LogP contribution in [0.4, 0.5) is 4.39 Å². The summed E-state index contributed by atoms with van der Waals surface area (Å²) in [5.74, 6) is 0.929. The van der Waals surface area contributed by atoms with E-state index in [1.54, 1.807) is 18.2 Å². The predicted molar refractivity (Wildman–Crippen MR) is 88.0 cm³/mol. The lowest BCUT2D eigenvalue weighted by molar-refractivity contribution is -0.120. The summed E-state index contributed by atoms with van der Waals surface area (Å²) in [4.78, 5) is 11.7. The molecule has 2 N–H and O–H groups in total. The minimum Gasteiger partial charge on any atom is -0.489 e. The molecule has 2 heterocycles. The topological polar surface area (TPSA) is 50.4 Å². The van der Waals surface area contributed by atoms with Gasteiger partial charge in [0.2, 0.25) is 5.91 Å². The fourth-order valence-corrected chi connectivity index (χ4v) is 3.50. The molecule has 2 aliphatic rings. The zero-order chi connectivity index (χ0) is 16.5. The van der Waals surface area contributed by atoms with Gasteiger partial charge in [0.25, 0.3) is 0 Å². The number of hydrogen-bond acceptors (Lipinski definition) is 3. The van der Waals surface area contributed by atoms with E-state index in [-0.39, 0.29) is 30.4 Å². The second-order valence-corrected chi connectivity index (χ2v) is 6.39. The minimum absolute atomic E-state index is 0.0630. The average Bonchev–Trinajstić information content (AvgIpc) is 3.17. The molecule has 3 atom stereocenters. The number of hydrogen-bond donors (Lipinski definition) is 2. The molecule has 2 fully saturated rings. The molecule has 0 radical (unpaired) electrons. The van der Waals surface area contributed by atoms with Gasteiger partial charge in [0.1, 0.15) is 18.2 Å². The lowest BCUT2D eigenvalue weighted by atomic mass is 9.98. The van der Waals surface area contributed by atoms with Crippen LogP contribution in [0.3, 0.4) is 0 Å². The predicted octanol–water partition coefficient (Wildman–Crippen LogP) is 2.55. The van der Waals surface area contributed by atoms with E-state index in [2.05, 4.69) is 10.6 Å². The van der Waals surface area contributed by atoms with E-state index in [1.165, 1.54) is 6.07 Å². The molecule has 0 unspecified atom stereocenters. The lowest BCUT2D eigenvalue weighted by Gasteiger charge is -2.14. The highest BCUT2D eigenvalue weighted by Crippen LogP contribution is 2.34. The minimum atomic E-state index is -0.255. The Labute approximate surface area is 140 Å². The van der Waals surface area contributed by atoms with Crippen molar-refractivity contribution < 1.29 is 13.9 Å². The number of nitrogens with one attached hydrogen (secondary N) is 2. The normalized spacial score (nSPS) is 25.4. The molecule has 0 spiro atoms. The molecule has 2 aromatic rings. The highest BCUT2D eigenvalue weighted by molar-refractivity contribution is 5.84. The maximum absolute atomic E-state index is 13.6. The highest BCUT2D eigenvalue weighted by Gasteiger charge is 2.42. The van der Waals surface area contributed by atoms with Gasteiger partial charge in [0.15, 0.2) is 0 Å². The maximum atomic E-state index is 13.6. The van der Waals surface area contributed by atoms with Crippen LogP contribution in [0, 0.1) is 11.7 Å². The van der Waals surface area contributed by atoms with Crippen molar-refractivity contribution in [2.24, 2.45) is 5.92 Å². The number of rotatable bonds is 4. The van der Waals surface area contributed by atoms with Crippen LogP contribution in [0.1, 0.15) is 23.6 Å². The third kappa shape index (κ3) is 2.87. The number of fused-ring (bicyclic) bond motifs is 1. The van der Waals surface area contributed by atoms with Gasteiger partial charge in [-0.25, -0.2) is 4.39 Å². The van der Waals surface area contributed by atoms with Crippen molar-refractivity contribution >= 4 is 5.91 Å². The number of carbonyl (C=O) groups is 1. The van der Waals surface area contributed by atoms with Crippen molar-refractivity contribution in [2.75, 3.05) is 6.54 Å². The standard InChI is InChI=1S/C19H19FN2O2/c20-16-4-2-1-3-13(16)11-24-15-7-5-12(6-8-15)17-9-14-10-21-19(23)18(14)22-17/h1-8,14,17-18,22H,9-11H2,(H,21,23)/t14-,17-,18-/m0/s1. The molecule has 4 rings (SSSR count). The Kier molecular flexibility index (Phi) is 3.94. The van der Waals surface area contributed by atoms with E-state index >= 15 is 0 Å². The Balaban J connectivity index is 1.39. The summed E-state index contributed by atoms with van der Waals surface area (Å²) >= 11 is 0. The number of ether oxygens (including phenoxy) is 1. The van der Waals surface area contributed by atoms with E-state index < -0.39 is 0 Å². The summed E-state index contributed by atoms with van der Waals surface area (Å²) in [6.07, 6.45) is 0.957. The fraction of sp³-hybridized carbons (Fsp3) is 0.316. The smallest absolute Gasteiger partial charge is 0.237 e. The van der Waals surface area contributed by atoms with E-state index in [1.807, 2.05) is 24.3 Å². The summed E-state index contributed by atoms with van der Waals surface area (Å²) in [5, 5.41) is 6.29. The molecule has 4 nitrogen and oxygen atoms in total. The molecule has 0 saturated carbocycles. The van der Waals surface area contributed by atoms with Crippen LogP contribution < -0.4 is 15.4 Å². The Morgan fingerprint density at radius 3 is 2.67 bits per heavy atom. The third-order valence-electron chi connectivity index (χ3n) is 4.85. The van der Waals surface area contributed by atoms with Gasteiger partial charge in [-0.3, -0.25) is 10.1 Å². The van der Waals surface area contributed by atoms with Crippen LogP contribution in [0.25, 0.3) is 0 Å². The molecule has 24 heavy (non-hydrogen) atoms. The van der Waals surface area contributed by atoms with Crippen LogP contribution >= 0.6 is 0 Å². The second-order valence-electron chi connectivity index (χ2n) is 6.39. The van der Waals surface area contributed by atoms with E-state index in [4.69, 9.17) is 4.74 Å². The zero-order valence-corrected chi connectivity index (χ0v) is 13.2. The van der Waals surface area contributed by atoms with Gasteiger partial charge in [0, 0.05) is 24.1 Å². The SMILES string of the molecule is O=C1NC[C@@H]2C[C@@H](c3ccc(OCc4ccccc4F)cc3)N[C@H]12. The Hall–Kier alpha value is -2.40. The zero-order valence-electron chi connectivity index (χ0n) is 13.2. The van der Waals surface area contributed by atoms with Gasteiger partial charge in [0.05, 0.1) is 6.04 Å². The Bertz CT molecular complexity index is 747. The van der Waals surface area contributed by atoms with Crippen LogP contribution in [-0.2, 0) is 11.4 Å². The van der Waals surface area contributed by atoms with Crippen LogP contribution in [0.2, 0.25) is 0 Å². The second kappa shape index (κ2) is 6.24. The first-order valence-corrected chi connectivity index (χ1v) is 8.20. The summed E-state index contributed by atoms with van der Waals surface area (Å²) in [6, 6.07) is 14.6. The highest BCUT2D eigenvalue weighted by atomic mass is 19.1. The molecule has 2 saturated heterocycles. The lowest BCUT2D eigenvalue weighted by Crippen LogP contribution is -2.35. The van der Waals surface area contributed by atoms with Crippen LogP contribution in [0.15, 0.2) is 48.5 Å². The quantitative estimate of drug-likeness (QED) is 0.908. The van der Waals surface area contributed by atoms with E-state index in [0.717, 1.165) is 18.5 Å². The van der Waals surface area contributed by atoms with Gasteiger partial charge < -0.3 is 10.1 Å². The first kappa shape index (κ1) is 15.1. The summed E-state index contributed by atoms with van der Waals surface area (Å²) in [7, 11) is 0. The number of halogens is 1. The average molecular weight is 326 g/mol. The molecular formula is C19H19FN2O2. The van der Waals surface area contributed by atoms with Crippen LogP contribution in [-0.4, -0.2) is 18.5 Å². The first-order chi connectivity index (χ1) is 11.7. The van der Waals surface area contributed by atoms with Crippen molar-refractivity contribution in [3.05, 3.63) is 65.5 Å². The molecule has 0 bridgehead atoms. The summed E-state index contributed by atoms with van der Waals surface area (Å²) in [6.45, 7) is 0.967. The van der Waals surface area contributed by atoms with Gasteiger partial charge in [-0.05, 0) is 30.2 Å². The van der Waals surface area contributed by atoms with Crippen molar-refractivity contribution in [1.29, 1.82) is 0 Å². The monoisotopic (exact) mass is 326 g/mol. The number of amides is 1. The molecular weight excluding hydrogens is 307 g/mol. The molecule has 0 aliphatic carbocycles. The Morgan fingerprint density at radius 1 is 1.12 bits per heavy atom. The van der Waals surface area contributed by atoms with Gasteiger partial charge >= 0.3 is 0 Å². The van der Waals surface area contributed by atoms with Crippen molar-refractivity contribution in [1.82, 2.24) is 10.6 Å². The third-order valence-corrected chi connectivity index (χ3v) is 4.85. The summed E-state index contributed by atoms with van der Waals surface area (Å²) in [5.41, 5.74) is 1.69. The largest absolute Gasteiger partial charge is 0.489 e. The van der Waals surface area contributed by atoms with Gasteiger partial charge in [-0.15, -0.1) is 0 Å². The summed E-state index contributed by atoms with van der Waals surface area (Å²) < 4.78 is 19.2. The van der Waals surface area contributed by atoms with Crippen LogP contribution in [0.5, 0.6) is 5.75 Å². The van der Waals surface area contributed by atoms with Crippen molar-refractivity contribution in [2.45, 2.75) is 25.1 Å². The number of benzene rings is 2. The molecule has 2 aliphatic heterocycles. The van der Waals surface area contributed by atoms with Crippen molar-refractivity contribution in [3.63, 3.8) is 0 Å². The molecule has 0 aromatic heterocycles. The van der Waals surface area contributed by atoms with E-state index in [9.17, 15) is 9.18 Å². The van der Waals surface area contributed by atoms with Gasteiger partial charge in [-0.1, -0.05) is 30.3 Å². The van der Waals surface area contributed by atoms with E-state index in [0.29, 0.717) is 17.2 Å². The number of carbonyl (C=O) groups excluding carboxylic acids is 1. The fourth-order valence-electron chi connectivity index (χ4n) is 3.50. The molecule has 2 aromatic carbocycles. The van der Waals surface area contributed by atoms with Gasteiger partial charge in [-0.2, -0.15) is 0 Å². The Morgan fingerprint density at radius 2 is 1.92 bits per heavy atom. The molecule has 5 heteroatoms. The van der Waals surface area contributed by atoms with Crippen molar-refractivity contribution in [3.8, 4) is 5.75 Å².